The maximum Gasteiger partial charge on any atom is 0.242 e. The van der Waals surface area contributed by atoms with Crippen molar-refractivity contribution in [1.29, 1.82) is 0 Å². The average Bonchev–Trinajstić information content (AvgIpc) is 3.16. The Morgan fingerprint density at radius 2 is 2.33 bits per heavy atom. The number of carbonyl (C=O) groups is 1. The second-order valence-electron chi connectivity index (χ2n) is 4.98. The quantitative estimate of drug-likeness (QED) is 0.737. The molecule has 2 aromatic heterocycles. The van der Waals surface area contributed by atoms with E-state index in [0.717, 1.165) is 21.5 Å². The molecule has 0 saturated heterocycles. The molecular weight excluding hydrogens is 368 g/mol. The second kappa shape index (κ2) is 6.02. The number of aryl methyl sites for hydroxylation is 1. The highest BCUT2D eigenvalue weighted by molar-refractivity contribution is 9.11. The van der Waals surface area contributed by atoms with E-state index in [4.69, 9.17) is 0 Å². The Labute approximate surface area is 140 Å². The Balaban J connectivity index is 1.96. The smallest absolute Gasteiger partial charge is 0.242 e. The molecule has 1 amide bonds. The molecule has 0 bridgehead atoms. The number of hydrogen-bond acceptors (Lipinski definition) is 4. The molecule has 0 fully saturated rings. The molecule has 3 heterocycles. The van der Waals surface area contributed by atoms with Gasteiger partial charge in [0.2, 0.25) is 5.91 Å². The fourth-order valence-corrected chi connectivity index (χ4v) is 4.61. The zero-order chi connectivity index (χ0) is 15.0. The summed E-state index contributed by atoms with van der Waals surface area (Å²) >= 11 is 6.84. The van der Waals surface area contributed by atoms with Crippen molar-refractivity contribution in [1.82, 2.24) is 5.01 Å². The van der Waals surface area contributed by atoms with Gasteiger partial charge in [-0.25, -0.2) is 5.01 Å². The summed E-state index contributed by atoms with van der Waals surface area (Å²) in [6, 6.07) is 4.21. The van der Waals surface area contributed by atoms with Crippen LogP contribution in [0.1, 0.15) is 41.8 Å². The van der Waals surface area contributed by atoms with Crippen LogP contribution in [0.15, 0.2) is 31.8 Å². The van der Waals surface area contributed by atoms with Crippen LogP contribution in [0.25, 0.3) is 0 Å². The number of halogens is 1. The van der Waals surface area contributed by atoms with Gasteiger partial charge in [0.05, 0.1) is 20.4 Å². The third-order valence-electron chi connectivity index (χ3n) is 3.57. The Bertz CT molecular complexity index is 704. The molecule has 2 aromatic rings. The van der Waals surface area contributed by atoms with E-state index in [-0.39, 0.29) is 11.9 Å². The van der Waals surface area contributed by atoms with Crippen LogP contribution in [-0.4, -0.2) is 16.6 Å². The SMILES string of the molecule is CCC(=O)N1N=C(c2sccc2C)CC1c1csc(Br)c1. The molecule has 0 spiro atoms. The molecule has 0 radical (unpaired) electrons. The number of carbonyl (C=O) groups excluding carboxylic acids is 1. The molecule has 0 aliphatic carbocycles. The van der Waals surface area contributed by atoms with E-state index >= 15 is 0 Å². The van der Waals surface area contributed by atoms with Crippen molar-refractivity contribution in [3.63, 3.8) is 0 Å². The monoisotopic (exact) mass is 382 g/mol. The van der Waals surface area contributed by atoms with Crippen molar-refractivity contribution in [3.8, 4) is 0 Å². The first kappa shape index (κ1) is 14.9. The number of hydrogen-bond donors (Lipinski definition) is 0. The van der Waals surface area contributed by atoms with Crippen LogP contribution in [0.4, 0.5) is 0 Å². The average molecular weight is 383 g/mol. The molecule has 1 unspecified atom stereocenters. The molecule has 21 heavy (non-hydrogen) atoms. The van der Waals surface area contributed by atoms with Gasteiger partial charge >= 0.3 is 0 Å². The molecular formula is C15H15BrN2OS2. The topological polar surface area (TPSA) is 32.7 Å². The lowest BCUT2D eigenvalue weighted by molar-refractivity contribution is -0.132. The molecule has 3 rings (SSSR count). The molecule has 0 aromatic carbocycles. The molecule has 1 atom stereocenters. The van der Waals surface area contributed by atoms with Crippen LogP contribution in [0, 0.1) is 6.92 Å². The number of hydrazone groups is 1. The van der Waals surface area contributed by atoms with Gasteiger partial charge in [0.15, 0.2) is 0 Å². The molecule has 1 aliphatic rings. The van der Waals surface area contributed by atoms with Gasteiger partial charge < -0.3 is 0 Å². The predicted octanol–water partition coefficient (Wildman–Crippen LogP) is 4.97. The Morgan fingerprint density at radius 3 is 2.90 bits per heavy atom. The molecule has 0 N–H and O–H groups in total. The van der Waals surface area contributed by atoms with Crippen molar-refractivity contribution < 1.29 is 4.79 Å². The Hall–Kier alpha value is -0.980. The summed E-state index contributed by atoms with van der Waals surface area (Å²) in [7, 11) is 0. The second-order valence-corrected chi connectivity index (χ2v) is 8.18. The van der Waals surface area contributed by atoms with E-state index in [2.05, 4.69) is 50.8 Å². The lowest BCUT2D eigenvalue weighted by Crippen LogP contribution is -2.25. The van der Waals surface area contributed by atoms with Gasteiger partial charge in [-0.3, -0.25) is 4.79 Å². The molecule has 3 nitrogen and oxygen atoms in total. The molecule has 6 heteroatoms. The number of nitrogens with zero attached hydrogens (tertiary/aromatic N) is 2. The van der Waals surface area contributed by atoms with Crippen LogP contribution >= 0.6 is 38.6 Å². The van der Waals surface area contributed by atoms with E-state index in [1.807, 2.05) is 6.92 Å². The van der Waals surface area contributed by atoms with Gasteiger partial charge in [-0.2, -0.15) is 5.10 Å². The third-order valence-corrected chi connectivity index (χ3v) is 6.15. The zero-order valence-electron chi connectivity index (χ0n) is 11.8. The summed E-state index contributed by atoms with van der Waals surface area (Å²) in [5.41, 5.74) is 3.41. The maximum atomic E-state index is 12.2. The minimum atomic E-state index is 0.0245. The standard InChI is InChI=1S/C15H15BrN2OS2/c1-3-14(19)18-12(10-6-13(16)21-8-10)7-11(17-18)15-9(2)4-5-20-15/h4-6,8,12H,3,7H2,1-2H3. The van der Waals surface area contributed by atoms with E-state index in [1.165, 1.54) is 10.4 Å². The number of rotatable bonds is 3. The van der Waals surface area contributed by atoms with Crippen LogP contribution in [0.3, 0.4) is 0 Å². The minimum absolute atomic E-state index is 0.0245. The summed E-state index contributed by atoms with van der Waals surface area (Å²) in [6.07, 6.45) is 1.26. The normalized spacial score (nSPS) is 18.1. The van der Waals surface area contributed by atoms with Crippen molar-refractivity contribution in [2.24, 2.45) is 5.10 Å². The highest BCUT2D eigenvalue weighted by Gasteiger charge is 2.33. The van der Waals surface area contributed by atoms with Crippen LogP contribution in [0.2, 0.25) is 0 Å². The largest absolute Gasteiger partial charge is 0.273 e. The van der Waals surface area contributed by atoms with Crippen molar-refractivity contribution >= 4 is 50.2 Å². The molecule has 1 aliphatic heterocycles. The fourth-order valence-electron chi connectivity index (χ4n) is 2.47. The summed E-state index contributed by atoms with van der Waals surface area (Å²) in [5, 5.41) is 10.5. The van der Waals surface area contributed by atoms with Crippen molar-refractivity contribution in [2.45, 2.75) is 32.7 Å². The summed E-state index contributed by atoms with van der Waals surface area (Å²) in [5.74, 6) is 0.0755. The van der Waals surface area contributed by atoms with Gasteiger partial charge in [0, 0.05) is 12.8 Å². The molecule has 0 saturated carbocycles. The van der Waals surface area contributed by atoms with E-state index < -0.39 is 0 Å². The van der Waals surface area contributed by atoms with Crippen molar-refractivity contribution in [3.05, 3.63) is 42.7 Å². The first-order valence-corrected chi connectivity index (χ1v) is 9.33. The van der Waals surface area contributed by atoms with E-state index in [1.54, 1.807) is 27.7 Å². The lowest BCUT2D eigenvalue weighted by atomic mass is 10.0. The Morgan fingerprint density at radius 1 is 1.52 bits per heavy atom. The van der Waals surface area contributed by atoms with E-state index in [0.29, 0.717) is 6.42 Å². The highest BCUT2D eigenvalue weighted by atomic mass is 79.9. The third kappa shape index (κ3) is 2.84. The fraction of sp³-hybridized carbons (Fsp3) is 0.333. The van der Waals surface area contributed by atoms with Crippen molar-refractivity contribution in [2.75, 3.05) is 0 Å². The van der Waals surface area contributed by atoms with Crippen LogP contribution < -0.4 is 0 Å². The lowest BCUT2D eigenvalue weighted by Gasteiger charge is -2.20. The summed E-state index contributed by atoms with van der Waals surface area (Å²) < 4.78 is 1.09. The number of thiophene rings is 2. The van der Waals surface area contributed by atoms with E-state index in [9.17, 15) is 4.79 Å². The summed E-state index contributed by atoms with van der Waals surface area (Å²) in [4.78, 5) is 13.4. The van der Waals surface area contributed by atoms with Gasteiger partial charge in [-0.1, -0.05) is 6.92 Å². The molecule has 110 valence electrons. The van der Waals surface area contributed by atoms with Gasteiger partial charge in [0.25, 0.3) is 0 Å². The predicted molar refractivity (Wildman–Crippen MR) is 92.1 cm³/mol. The maximum absolute atomic E-state index is 12.2. The van der Waals surface area contributed by atoms with Gasteiger partial charge in [-0.05, 0) is 56.9 Å². The van der Waals surface area contributed by atoms with Gasteiger partial charge in [0.1, 0.15) is 0 Å². The zero-order valence-corrected chi connectivity index (χ0v) is 15.0. The van der Waals surface area contributed by atoms with Crippen LogP contribution in [-0.2, 0) is 4.79 Å². The first-order chi connectivity index (χ1) is 10.1. The first-order valence-electron chi connectivity index (χ1n) is 6.78. The highest BCUT2D eigenvalue weighted by Crippen LogP contribution is 2.37. The Kier molecular flexibility index (Phi) is 4.28. The number of amides is 1. The van der Waals surface area contributed by atoms with Gasteiger partial charge in [-0.15, -0.1) is 22.7 Å². The summed E-state index contributed by atoms with van der Waals surface area (Å²) in [6.45, 7) is 3.97. The van der Waals surface area contributed by atoms with Crippen LogP contribution in [0.5, 0.6) is 0 Å². The minimum Gasteiger partial charge on any atom is -0.273 e.